The van der Waals surface area contributed by atoms with E-state index in [0.29, 0.717) is 12.1 Å². The smallest absolute Gasteiger partial charge is 0.151 e. The van der Waals surface area contributed by atoms with Crippen molar-refractivity contribution in [2.75, 3.05) is 23.8 Å². The molecule has 5 heteroatoms. The van der Waals surface area contributed by atoms with Crippen molar-refractivity contribution in [1.29, 1.82) is 0 Å². The molecule has 1 saturated heterocycles. The molecule has 1 aliphatic rings. The van der Waals surface area contributed by atoms with Crippen LogP contribution in [0.3, 0.4) is 0 Å². The molecule has 3 N–H and O–H groups in total. The van der Waals surface area contributed by atoms with Crippen LogP contribution in [0.1, 0.15) is 51.3 Å². The first-order valence-electron chi connectivity index (χ1n) is 7.28. The monoisotopic (exact) mass is 266 g/mol. The molecule has 1 atom stereocenters. The van der Waals surface area contributed by atoms with Crippen molar-refractivity contribution in [3.8, 4) is 0 Å². The largest absolute Gasteiger partial charge is 0.396 e. The van der Waals surface area contributed by atoms with Gasteiger partial charge in [-0.15, -0.1) is 0 Å². The van der Waals surface area contributed by atoms with Gasteiger partial charge in [-0.25, -0.2) is 4.68 Å². The average molecular weight is 266 g/mol. The lowest BCUT2D eigenvalue weighted by atomic mass is 10.1. The fourth-order valence-corrected chi connectivity index (χ4v) is 2.94. The number of anilines is 2. The molecule has 2 heterocycles. The fraction of sp³-hybridized carbons (Fsp3) is 0.786. The van der Waals surface area contributed by atoms with Crippen LogP contribution in [-0.4, -0.2) is 34.1 Å². The Labute approximate surface area is 115 Å². The molecular formula is C14H26N4O. The van der Waals surface area contributed by atoms with Gasteiger partial charge in [-0.05, 0) is 46.5 Å². The molecule has 19 heavy (non-hydrogen) atoms. The molecule has 0 aromatic carbocycles. The number of aryl methyl sites for hydroxylation is 1. The highest BCUT2D eigenvalue weighted by Gasteiger charge is 2.30. The zero-order valence-corrected chi connectivity index (χ0v) is 12.3. The number of nitrogens with zero attached hydrogens (tertiary/aromatic N) is 3. The van der Waals surface area contributed by atoms with Crippen LogP contribution in [-0.2, 0) is 0 Å². The molecule has 0 bridgehead atoms. The molecule has 1 aromatic rings. The lowest BCUT2D eigenvalue weighted by Crippen LogP contribution is -2.32. The van der Waals surface area contributed by atoms with Crippen molar-refractivity contribution in [3.63, 3.8) is 0 Å². The first-order valence-corrected chi connectivity index (χ1v) is 7.28. The van der Waals surface area contributed by atoms with Crippen molar-refractivity contribution in [3.05, 3.63) is 5.69 Å². The number of aromatic nitrogens is 2. The minimum Gasteiger partial charge on any atom is -0.396 e. The summed E-state index contributed by atoms with van der Waals surface area (Å²) in [5.74, 6) is 1.08. The Kier molecular flexibility index (Phi) is 4.34. The third-order valence-electron chi connectivity index (χ3n) is 3.94. The first-order chi connectivity index (χ1) is 9.06. The van der Waals surface area contributed by atoms with Gasteiger partial charge in [-0.3, -0.25) is 0 Å². The fourth-order valence-electron chi connectivity index (χ4n) is 2.94. The van der Waals surface area contributed by atoms with Crippen molar-refractivity contribution in [2.45, 2.75) is 58.5 Å². The minimum atomic E-state index is 0.266. The van der Waals surface area contributed by atoms with E-state index in [1.54, 1.807) is 0 Å². The number of hydrogen-bond donors (Lipinski definition) is 2. The summed E-state index contributed by atoms with van der Waals surface area (Å²) in [6.45, 7) is 7.54. The predicted octanol–water partition coefficient (Wildman–Crippen LogP) is 2.10. The van der Waals surface area contributed by atoms with E-state index >= 15 is 0 Å². The van der Waals surface area contributed by atoms with Gasteiger partial charge in [0.1, 0.15) is 0 Å². The van der Waals surface area contributed by atoms with Gasteiger partial charge in [0.2, 0.25) is 0 Å². The minimum absolute atomic E-state index is 0.266. The number of rotatable bonds is 5. The zero-order valence-electron chi connectivity index (χ0n) is 12.3. The summed E-state index contributed by atoms with van der Waals surface area (Å²) in [4.78, 5) is 2.39. The number of aliphatic hydroxyl groups excluding tert-OH is 1. The molecule has 0 radical (unpaired) electrons. The van der Waals surface area contributed by atoms with Crippen LogP contribution in [0.4, 0.5) is 11.5 Å². The summed E-state index contributed by atoms with van der Waals surface area (Å²) in [5.41, 5.74) is 7.96. The second-order valence-electron chi connectivity index (χ2n) is 5.72. The Morgan fingerprint density at radius 2 is 2.21 bits per heavy atom. The molecule has 108 valence electrons. The summed E-state index contributed by atoms with van der Waals surface area (Å²) in [6, 6.07) is 0.799. The van der Waals surface area contributed by atoms with Crippen molar-refractivity contribution in [1.82, 2.24) is 9.78 Å². The molecule has 0 aliphatic carbocycles. The predicted molar refractivity (Wildman–Crippen MR) is 78.4 cm³/mol. The molecule has 1 fully saturated rings. The molecule has 5 nitrogen and oxygen atoms in total. The molecule has 0 amide bonds. The van der Waals surface area contributed by atoms with E-state index < -0.39 is 0 Å². The van der Waals surface area contributed by atoms with E-state index in [1.807, 2.05) is 11.6 Å². The summed E-state index contributed by atoms with van der Waals surface area (Å²) >= 11 is 0. The molecule has 0 spiro atoms. The number of nitrogen functional groups attached to an aromatic ring is 1. The molecular weight excluding hydrogens is 240 g/mol. The lowest BCUT2D eigenvalue weighted by Gasteiger charge is -2.28. The van der Waals surface area contributed by atoms with Crippen LogP contribution in [0, 0.1) is 6.92 Å². The summed E-state index contributed by atoms with van der Waals surface area (Å²) < 4.78 is 2.04. The van der Waals surface area contributed by atoms with E-state index in [1.165, 1.54) is 12.8 Å². The standard InChI is InChI=1S/C14H26N4O/c1-10(2)18-14(13(15)11(3)16-18)17-8-4-6-12(17)7-5-9-19/h10,12,19H,4-9,15H2,1-3H3. The zero-order chi connectivity index (χ0) is 14.0. The third kappa shape index (κ3) is 2.71. The topological polar surface area (TPSA) is 67.3 Å². The number of hydrogen-bond acceptors (Lipinski definition) is 4. The maximum absolute atomic E-state index is 9.02. The maximum Gasteiger partial charge on any atom is 0.151 e. The Hall–Kier alpha value is -1.23. The van der Waals surface area contributed by atoms with Gasteiger partial charge in [0.05, 0.1) is 11.4 Å². The Morgan fingerprint density at radius 3 is 2.84 bits per heavy atom. The highest BCUT2D eigenvalue weighted by Crippen LogP contribution is 2.35. The van der Waals surface area contributed by atoms with Crippen LogP contribution in [0.2, 0.25) is 0 Å². The van der Waals surface area contributed by atoms with Crippen LogP contribution < -0.4 is 10.6 Å². The second-order valence-corrected chi connectivity index (χ2v) is 5.72. The molecule has 1 unspecified atom stereocenters. The van der Waals surface area contributed by atoms with Crippen molar-refractivity contribution < 1.29 is 5.11 Å². The number of nitrogens with two attached hydrogens (primary N) is 1. The second kappa shape index (κ2) is 5.82. The van der Waals surface area contributed by atoms with Gasteiger partial charge in [0.15, 0.2) is 5.82 Å². The van der Waals surface area contributed by atoms with Crippen molar-refractivity contribution >= 4 is 11.5 Å². The molecule has 1 aliphatic heterocycles. The van der Waals surface area contributed by atoms with Gasteiger partial charge in [-0.2, -0.15) is 5.10 Å². The summed E-state index contributed by atoms with van der Waals surface area (Å²) in [7, 11) is 0. The molecule has 2 rings (SSSR count). The average Bonchev–Trinajstić information content (AvgIpc) is 2.93. The van der Waals surface area contributed by atoms with Gasteiger partial charge >= 0.3 is 0 Å². The Bertz CT molecular complexity index is 427. The molecule has 0 saturated carbocycles. The summed E-state index contributed by atoms with van der Waals surface area (Å²) in [5, 5.41) is 13.6. The number of aliphatic hydroxyl groups is 1. The van der Waals surface area contributed by atoms with E-state index in [-0.39, 0.29) is 6.61 Å². The van der Waals surface area contributed by atoms with Crippen molar-refractivity contribution in [2.24, 2.45) is 0 Å². The highest BCUT2D eigenvalue weighted by atomic mass is 16.2. The maximum atomic E-state index is 9.02. The lowest BCUT2D eigenvalue weighted by molar-refractivity contribution is 0.279. The van der Waals surface area contributed by atoms with E-state index in [2.05, 4.69) is 23.8 Å². The quantitative estimate of drug-likeness (QED) is 0.856. The van der Waals surface area contributed by atoms with Gasteiger partial charge in [-0.1, -0.05) is 0 Å². The summed E-state index contributed by atoms with van der Waals surface area (Å²) in [6.07, 6.45) is 4.26. The van der Waals surface area contributed by atoms with Gasteiger partial charge < -0.3 is 15.7 Å². The van der Waals surface area contributed by atoms with Gasteiger partial charge in [0, 0.05) is 25.2 Å². The Morgan fingerprint density at radius 1 is 1.47 bits per heavy atom. The molecule has 1 aromatic heterocycles. The van der Waals surface area contributed by atoms with Crippen LogP contribution in [0.25, 0.3) is 0 Å². The Balaban J connectivity index is 2.29. The van der Waals surface area contributed by atoms with E-state index in [0.717, 1.165) is 36.6 Å². The third-order valence-corrected chi connectivity index (χ3v) is 3.94. The van der Waals surface area contributed by atoms with E-state index in [9.17, 15) is 0 Å². The highest BCUT2D eigenvalue weighted by molar-refractivity contribution is 5.67. The van der Waals surface area contributed by atoms with Crippen LogP contribution in [0.15, 0.2) is 0 Å². The SMILES string of the molecule is Cc1nn(C(C)C)c(N2CCCC2CCCO)c1N. The van der Waals surface area contributed by atoms with Crippen LogP contribution in [0.5, 0.6) is 0 Å². The van der Waals surface area contributed by atoms with Crippen LogP contribution >= 0.6 is 0 Å². The van der Waals surface area contributed by atoms with Gasteiger partial charge in [0.25, 0.3) is 0 Å². The first kappa shape index (κ1) is 14.2. The normalized spacial score (nSPS) is 19.6. The van der Waals surface area contributed by atoms with E-state index in [4.69, 9.17) is 10.8 Å².